The molecule has 0 amide bonds. The maximum absolute atomic E-state index is 5.25. The molecule has 0 aliphatic carbocycles. The van der Waals surface area contributed by atoms with Gasteiger partial charge in [-0.15, -0.1) is 0 Å². The highest BCUT2D eigenvalue weighted by atomic mass is 16.5. The Labute approximate surface area is 246 Å². The quantitative estimate of drug-likeness (QED) is 0.309. The number of nitrogens with zero attached hydrogens (tertiary/aromatic N) is 4. The third-order valence-corrected chi connectivity index (χ3v) is 8.62. The number of likely N-dealkylation sites (tertiary alicyclic amines) is 3. The van der Waals surface area contributed by atoms with Crippen molar-refractivity contribution in [1.29, 1.82) is 0 Å². The third-order valence-electron chi connectivity index (χ3n) is 8.62. The van der Waals surface area contributed by atoms with Crippen molar-refractivity contribution < 1.29 is 4.74 Å². The van der Waals surface area contributed by atoms with Crippen LogP contribution in [0.4, 0.5) is 0 Å². The number of rotatable bonds is 0. The van der Waals surface area contributed by atoms with Crippen LogP contribution in [0.2, 0.25) is 0 Å². The zero-order valence-electron chi connectivity index (χ0n) is 28.9. The van der Waals surface area contributed by atoms with E-state index in [1.165, 1.54) is 90.6 Å². The summed E-state index contributed by atoms with van der Waals surface area (Å²) in [5.74, 6) is 0. The Morgan fingerprint density at radius 2 is 0.513 bits per heavy atom. The lowest BCUT2D eigenvalue weighted by atomic mass is 10.0. The van der Waals surface area contributed by atoms with Gasteiger partial charge in [-0.25, -0.2) is 0 Å². The molecule has 0 saturated carbocycles. The minimum absolute atomic E-state index is 0.323. The van der Waals surface area contributed by atoms with Crippen molar-refractivity contribution in [3.8, 4) is 0 Å². The highest BCUT2D eigenvalue weighted by Crippen LogP contribution is 2.21. The van der Waals surface area contributed by atoms with E-state index >= 15 is 0 Å². The van der Waals surface area contributed by atoms with Crippen LogP contribution in [0.25, 0.3) is 0 Å². The number of morpholine rings is 1. The predicted octanol–water partition coefficient (Wildman–Crippen LogP) is 7.54. The lowest BCUT2D eigenvalue weighted by molar-refractivity contribution is -0.00389. The van der Waals surface area contributed by atoms with Gasteiger partial charge in [0, 0.05) is 35.2 Å². The van der Waals surface area contributed by atoms with Crippen molar-refractivity contribution in [2.45, 2.75) is 157 Å². The number of hydrogen-bond donors (Lipinski definition) is 0. The minimum atomic E-state index is 0.323. The standard InChI is InChI=1S/2C9H19N.C8H17NO.C8H17N/c2*1-9(2,3)10-7-5-4-6-8-10;1-8(2,3)9-4-6-10-7-5-9;1-8(2,3)9-6-4-5-7-9/h2*4-8H2,1-3H3;4-7H2,1-3H3;4-7H2,1-3H3. The summed E-state index contributed by atoms with van der Waals surface area (Å²) in [6.07, 6.45) is 11.3. The van der Waals surface area contributed by atoms with Gasteiger partial charge in [-0.3, -0.25) is 19.6 Å². The molecule has 4 rings (SSSR count). The summed E-state index contributed by atoms with van der Waals surface area (Å²) in [5.41, 5.74) is 1.54. The Bertz CT molecular complexity index is 532. The average Bonchev–Trinajstić information content (AvgIpc) is 3.42. The molecular formula is C34H72N4O. The van der Waals surface area contributed by atoms with Crippen LogP contribution in [0.5, 0.6) is 0 Å². The molecule has 4 heterocycles. The van der Waals surface area contributed by atoms with Crippen LogP contribution in [0.3, 0.4) is 0 Å². The van der Waals surface area contributed by atoms with E-state index < -0.39 is 0 Å². The Balaban J connectivity index is 0.000000260. The lowest BCUT2D eigenvalue weighted by Gasteiger charge is -2.38. The lowest BCUT2D eigenvalue weighted by Crippen LogP contribution is -2.47. The molecule has 0 unspecified atom stereocenters. The van der Waals surface area contributed by atoms with E-state index in [1.807, 2.05) is 0 Å². The molecule has 0 bridgehead atoms. The first-order valence-electron chi connectivity index (χ1n) is 16.5. The molecule has 0 spiro atoms. The maximum Gasteiger partial charge on any atom is 0.0594 e. The Morgan fingerprint density at radius 3 is 0.692 bits per heavy atom. The molecule has 4 fully saturated rings. The number of piperidine rings is 2. The van der Waals surface area contributed by atoms with E-state index in [0.717, 1.165) is 26.3 Å². The second-order valence-electron chi connectivity index (χ2n) is 16.1. The van der Waals surface area contributed by atoms with Gasteiger partial charge < -0.3 is 4.74 Å². The average molecular weight is 553 g/mol. The van der Waals surface area contributed by atoms with Gasteiger partial charge in [0.15, 0.2) is 0 Å². The first kappa shape index (κ1) is 36.8. The van der Waals surface area contributed by atoms with E-state index in [2.05, 4.69) is 103 Å². The molecule has 4 aliphatic rings. The van der Waals surface area contributed by atoms with Crippen LogP contribution in [-0.2, 0) is 4.74 Å². The van der Waals surface area contributed by atoms with Crippen molar-refractivity contribution in [2.24, 2.45) is 0 Å². The summed E-state index contributed by atoms with van der Waals surface area (Å²) in [4.78, 5) is 10.2. The van der Waals surface area contributed by atoms with Gasteiger partial charge in [0.1, 0.15) is 0 Å². The topological polar surface area (TPSA) is 22.2 Å². The SMILES string of the molecule is CC(C)(C)N1CCCC1.CC(C)(C)N1CCCCC1.CC(C)(C)N1CCCCC1.CC(C)(C)N1CCOCC1. The van der Waals surface area contributed by atoms with Crippen molar-refractivity contribution in [1.82, 2.24) is 19.6 Å². The first-order valence-corrected chi connectivity index (χ1v) is 16.5. The van der Waals surface area contributed by atoms with E-state index in [0.29, 0.717) is 22.2 Å². The number of ether oxygens (including phenoxy) is 1. The van der Waals surface area contributed by atoms with E-state index in [-0.39, 0.29) is 0 Å². The van der Waals surface area contributed by atoms with Crippen molar-refractivity contribution in [3.63, 3.8) is 0 Å². The molecule has 0 aromatic heterocycles. The van der Waals surface area contributed by atoms with Gasteiger partial charge in [-0.1, -0.05) is 12.8 Å². The summed E-state index contributed by atoms with van der Waals surface area (Å²) in [6, 6.07) is 0. The van der Waals surface area contributed by atoms with Crippen molar-refractivity contribution >= 4 is 0 Å². The zero-order valence-corrected chi connectivity index (χ0v) is 28.9. The zero-order chi connectivity index (χ0) is 29.7. The fraction of sp³-hybridized carbons (Fsp3) is 1.00. The molecule has 5 nitrogen and oxygen atoms in total. The van der Waals surface area contributed by atoms with Gasteiger partial charge in [-0.2, -0.15) is 0 Å². The highest BCUT2D eigenvalue weighted by molar-refractivity contribution is 4.81. The smallest absolute Gasteiger partial charge is 0.0594 e. The maximum atomic E-state index is 5.25. The molecule has 4 aliphatic heterocycles. The third kappa shape index (κ3) is 16.1. The summed E-state index contributed by atoms with van der Waals surface area (Å²) < 4.78 is 5.25. The van der Waals surface area contributed by atoms with Crippen LogP contribution >= 0.6 is 0 Å². The van der Waals surface area contributed by atoms with E-state index in [1.54, 1.807) is 0 Å². The van der Waals surface area contributed by atoms with Crippen LogP contribution < -0.4 is 0 Å². The van der Waals surface area contributed by atoms with Gasteiger partial charge in [0.25, 0.3) is 0 Å². The van der Waals surface area contributed by atoms with E-state index in [4.69, 9.17) is 4.74 Å². The molecular weight excluding hydrogens is 480 g/mol. The molecule has 0 atom stereocenters. The van der Waals surface area contributed by atoms with Gasteiger partial charge in [0.05, 0.1) is 13.2 Å². The first-order chi connectivity index (χ1) is 17.9. The Kier molecular flexibility index (Phi) is 16.1. The normalized spacial score (nSPS) is 23.1. The largest absolute Gasteiger partial charge is 0.379 e. The number of hydrogen-bond acceptors (Lipinski definition) is 5. The summed E-state index contributed by atoms with van der Waals surface area (Å²) >= 11 is 0. The van der Waals surface area contributed by atoms with E-state index in [9.17, 15) is 0 Å². The molecule has 0 aromatic rings. The fourth-order valence-corrected chi connectivity index (χ4v) is 5.75. The molecule has 0 aromatic carbocycles. The summed E-state index contributed by atoms with van der Waals surface area (Å²) in [5, 5.41) is 0. The van der Waals surface area contributed by atoms with Crippen molar-refractivity contribution in [2.75, 3.05) is 65.6 Å². The molecule has 39 heavy (non-hydrogen) atoms. The fourth-order valence-electron chi connectivity index (χ4n) is 5.75. The predicted molar refractivity (Wildman–Crippen MR) is 173 cm³/mol. The van der Waals surface area contributed by atoms with Crippen LogP contribution in [0.1, 0.15) is 134 Å². The molecule has 234 valence electrons. The highest BCUT2D eigenvalue weighted by Gasteiger charge is 2.25. The van der Waals surface area contributed by atoms with Gasteiger partial charge in [-0.05, 0) is 161 Å². The van der Waals surface area contributed by atoms with Crippen LogP contribution in [0, 0.1) is 0 Å². The van der Waals surface area contributed by atoms with Crippen molar-refractivity contribution in [3.05, 3.63) is 0 Å². The molecule has 5 heteroatoms. The molecule has 4 saturated heterocycles. The summed E-state index contributed by atoms with van der Waals surface area (Å²) in [6.45, 7) is 39.3. The molecule has 0 N–H and O–H groups in total. The van der Waals surface area contributed by atoms with Crippen LogP contribution in [0.15, 0.2) is 0 Å². The Morgan fingerprint density at radius 1 is 0.308 bits per heavy atom. The van der Waals surface area contributed by atoms with Gasteiger partial charge in [0.2, 0.25) is 0 Å². The second-order valence-corrected chi connectivity index (χ2v) is 16.1. The van der Waals surface area contributed by atoms with Gasteiger partial charge >= 0.3 is 0 Å². The Hall–Kier alpha value is -0.200. The monoisotopic (exact) mass is 553 g/mol. The molecule has 0 radical (unpaired) electrons. The summed E-state index contributed by atoms with van der Waals surface area (Å²) in [7, 11) is 0. The van der Waals surface area contributed by atoms with Crippen LogP contribution in [-0.4, -0.2) is 107 Å². The minimum Gasteiger partial charge on any atom is -0.379 e. The second kappa shape index (κ2) is 17.0.